The zero-order valence-electron chi connectivity index (χ0n) is 19.4. The van der Waals surface area contributed by atoms with Crippen molar-refractivity contribution in [2.45, 2.75) is 65.1 Å². The Balaban J connectivity index is 1.46. The summed E-state index contributed by atoms with van der Waals surface area (Å²) < 4.78 is 0. The molecule has 2 aromatic rings. The molecule has 9 heteroatoms. The molecule has 2 atom stereocenters. The first-order chi connectivity index (χ1) is 15.8. The highest BCUT2D eigenvalue weighted by atomic mass is 16.3. The second kappa shape index (κ2) is 8.39. The van der Waals surface area contributed by atoms with Gasteiger partial charge in [-0.2, -0.15) is 0 Å². The summed E-state index contributed by atoms with van der Waals surface area (Å²) in [6.07, 6.45) is 6.23. The summed E-state index contributed by atoms with van der Waals surface area (Å²) in [7, 11) is 0. The molecule has 1 fully saturated rings. The molecule has 9 nitrogen and oxygen atoms in total. The molecule has 2 aliphatic heterocycles. The quantitative estimate of drug-likeness (QED) is 0.550. The lowest BCUT2D eigenvalue weighted by Gasteiger charge is -2.31. The van der Waals surface area contributed by atoms with Gasteiger partial charge in [0.2, 0.25) is 5.91 Å². The van der Waals surface area contributed by atoms with Crippen LogP contribution in [0.4, 0.5) is 11.6 Å². The van der Waals surface area contributed by atoms with Crippen LogP contribution >= 0.6 is 0 Å². The van der Waals surface area contributed by atoms with Gasteiger partial charge in [-0.15, -0.1) is 0 Å². The van der Waals surface area contributed by atoms with Crippen molar-refractivity contribution < 1.29 is 9.90 Å². The number of anilines is 2. The highest BCUT2D eigenvalue weighted by Crippen LogP contribution is 2.44. The molecule has 0 saturated carbocycles. The van der Waals surface area contributed by atoms with Gasteiger partial charge in [-0.25, -0.2) is 20.4 Å². The van der Waals surface area contributed by atoms with Gasteiger partial charge in [0.25, 0.3) is 0 Å². The number of hydrogen-bond acceptors (Lipinski definition) is 8. The van der Waals surface area contributed by atoms with Crippen LogP contribution in [0.3, 0.4) is 0 Å². The van der Waals surface area contributed by atoms with Gasteiger partial charge in [-0.3, -0.25) is 9.69 Å². The number of β-amino-alcohol motifs (C(OH)–C–C–N with tert-alkyl or cyclic N) is 1. The minimum absolute atomic E-state index is 0.0173. The summed E-state index contributed by atoms with van der Waals surface area (Å²) in [5, 5.41) is 13.4. The number of amides is 1. The van der Waals surface area contributed by atoms with Gasteiger partial charge in [0, 0.05) is 30.2 Å². The van der Waals surface area contributed by atoms with E-state index in [1.807, 2.05) is 19.1 Å². The number of nitrogens with one attached hydrogen (secondary N) is 3. The van der Waals surface area contributed by atoms with Crippen molar-refractivity contribution in [3.8, 4) is 0 Å². The SMILES string of the molecule is Cc1ncc(CNc2cc(C3NNC4=C3CCC(C)(C)C4)cc(N3CC(O)CC3=O)n2)cn1. The zero-order valence-corrected chi connectivity index (χ0v) is 19.4. The lowest BCUT2D eigenvalue weighted by molar-refractivity contribution is -0.117. The Kier molecular flexibility index (Phi) is 5.54. The first-order valence-corrected chi connectivity index (χ1v) is 11.5. The number of nitrogens with zero attached hydrogens (tertiary/aromatic N) is 4. The molecule has 174 valence electrons. The molecule has 5 rings (SSSR count). The van der Waals surface area contributed by atoms with Gasteiger partial charge >= 0.3 is 0 Å². The van der Waals surface area contributed by atoms with Gasteiger partial charge in [-0.05, 0) is 54.9 Å². The zero-order chi connectivity index (χ0) is 23.2. The molecule has 0 bridgehead atoms. The third-order valence-corrected chi connectivity index (χ3v) is 6.69. The van der Waals surface area contributed by atoms with Gasteiger partial charge in [0.1, 0.15) is 17.5 Å². The summed E-state index contributed by atoms with van der Waals surface area (Å²) in [5.74, 6) is 1.85. The van der Waals surface area contributed by atoms with E-state index in [1.165, 1.54) is 11.3 Å². The van der Waals surface area contributed by atoms with E-state index in [2.05, 4.69) is 40.0 Å². The number of hydrazine groups is 1. The number of aliphatic hydroxyl groups is 1. The van der Waals surface area contributed by atoms with Crippen LogP contribution in [0.2, 0.25) is 0 Å². The van der Waals surface area contributed by atoms with Crippen LogP contribution in [-0.2, 0) is 11.3 Å². The predicted molar refractivity (Wildman–Crippen MR) is 125 cm³/mol. The molecular weight excluding hydrogens is 418 g/mol. The van der Waals surface area contributed by atoms with E-state index < -0.39 is 6.10 Å². The van der Waals surface area contributed by atoms with E-state index >= 15 is 0 Å². The summed E-state index contributed by atoms with van der Waals surface area (Å²) in [6, 6.07) is 4.01. The largest absolute Gasteiger partial charge is 0.391 e. The van der Waals surface area contributed by atoms with Crippen LogP contribution in [-0.4, -0.2) is 38.6 Å². The fraction of sp³-hybridized carbons (Fsp3) is 0.500. The van der Waals surface area contributed by atoms with Gasteiger partial charge < -0.3 is 15.8 Å². The maximum Gasteiger partial charge on any atom is 0.230 e. The van der Waals surface area contributed by atoms with Crippen molar-refractivity contribution in [3.63, 3.8) is 0 Å². The molecule has 33 heavy (non-hydrogen) atoms. The maximum atomic E-state index is 12.5. The Hall–Kier alpha value is -3.04. The van der Waals surface area contributed by atoms with Gasteiger partial charge in [-0.1, -0.05) is 13.8 Å². The number of hydrogen-bond donors (Lipinski definition) is 4. The lowest BCUT2D eigenvalue weighted by atomic mass is 9.75. The van der Waals surface area contributed by atoms with Crippen LogP contribution < -0.4 is 21.1 Å². The van der Waals surface area contributed by atoms with Crippen LogP contribution in [0, 0.1) is 12.3 Å². The average molecular weight is 450 g/mol. The van der Waals surface area contributed by atoms with E-state index in [0.29, 0.717) is 18.2 Å². The highest BCUT2D eigenvalue weighted by molar-refractivity contribution is 5.95. The average Bonchev–Trinajstić information content (AvgIpc) is 3.34. The Labute approximate surface area is 193 Å². The van der Waals surface area contributed by atoms with E-state index in [4.69, 9.17) is 4.98 Å². The number of aryl methyl sites for hydroxylation is 1. The first kappa shape index (κ1) is 21.8. The molecule has 4 heterocycles. The van der Waals surface area contributed by atoms with Gasteiger partial charge in [0.15, 0.2) is 0 Å². The molecular formula is C24H31N7O2. The minimum atomic E-state index is -0.662. The third kappa shape index (κ3) is 4.56. The van der Waals surface area contributed by atoms with Crippen molar-refractivity contribution >= 4 is 17.5 Å². The monoisotopic (exact) mass is 449 g/mol. The lowest BCUT2D eigenvalue weighted by Crippen LogP contribution is -2.29. The number of carbonyl (C=O) groups excluding carboxylic acids is 1. The summed E-state index contributed by atoms with van der Waals surface area (Å²) >= 11 is 0. The smallest absolute Gasteiger partial charge is 0.230 e. The first-order valence-electron chi connectivity index (χ1n) is 11.5. The Morgan fingerprint density at radius 1 is 1.27 bits per heavy atom. The maximum absolute atomic E-state index is 12.5. The number of allylic oxidation sites excluding steroid dienone is 1. The molecule has 1 saturated heterocycles. The molecule has 0 aromatic carbocycles. The number of pyridine rings is 1. The van der Waals surface area contributed by atoms with Crippen LogP contribution in [0.15, 0.2) is 35.8 Å². The predicted octanol–water partition coefficient (Wildman–Crippen LogP) is 2.50. The fourth-order valence-electron chi connectivity index (χ4n) is 4.82. The minimum Gasteiger partial charge on any atom is -0.391 e. The molecule has 2 unspecified atom stereocenters. The molecule has 0 spiro atoms. The van der Waals surface area contributed by atoms with Crippen LogP contribution in [0.1, 0.15) is 62.5 Å². The number of carbonyl (C=O) groups is 1. The van der Waals surface area contributed by atoms with E-state index in [-0.39, 0.29) is 30.3 Å². The molecule has 3 aliphatic rings. The second-order valence-corrected chi connectivity index (χ2v) is 10.0. The van der Waals surface area contributed by atoms with E-state index in [9.17, 15) is 9.90 Å². The van der Waals surface area contributed by atoms with Crippen molar-refractivity contribution in [2.24, 2.45) is 5.41 Å². The van der Waals surface area contributed by atoms with Crippen molar-refractivity contribution in [3.05, 3.63) is 52.7 Å². The third-order valence-electron chi connectivity index (χ3n) is 6.69. The Morgan fingerprint density at radius 3 is 2.79 bits per heavy atom. The number of rotatable bonds is 5. The Morgan fingerprint density at radius 2 is 2.06 bits per heavy atom. The molecule has 1 aliphatic carbocycles. The van der Waals surface area contributed by atoms with Crippen molar-refractivity contribution in [1.29, 1.82) is 0 Å². The number of aromatic nitrogens is 3. The van der Waals surface area contributed by atoms with Crippen molar-refractivity contribution in [2.75, 3.05) is 16.8 Å². The molecule has 1 amide bonds. The topological polar surface area (TPSA) is 115 Å². The Bertz CT molecular complexity index is 1100. The molecule has 0 radical (unpaired) electrons. The summed E-state index contributed by atoms with van der Waals surface area (Å²) in [6.45, 7) is 7.24. The fourth-order valence-corrected chi connectivity index (χ4v) is 4.82. The summed E-state index contributed by atoms with van der Waals surface area (Å²) in [4.78, 5) is 27.3. The normalized spacial score (nSPS) is 24.1. The highest BCUT2D eigenvalue weighted by Gasteiger charge is 2.36. The molecule has 4 N–H and O–H groups in total. The van der Waals surface area contributed by atoms with E-state index in [1.54, 1.807) is 17.3 Å². The molecule has 2 aromatic heterocycles. The van der Waals surface area contributed by atoms with Gasteiger partial charge in [0.05, 0.1) is 25.1 Å². The standard InChI is InChI=1S/C24H31N7O2/c1-14-25-10-15(11-26-14)12-27-20-6-16(7-21(28-20)31-13-17(32)8-22(31)33)23-18-4-5-24(2,3)9-19(18)29-30-23/h6-7,10-11,17,23,29-30,32H,4-5,8-9,12-13H2,1-3H3,(H,27,28). The van der Waals surface area contributed by atoms with Crippen molar-refractivity contribution in [1.82, 2.24) is 25.8 Å². The van der Waals surface area contributed by atoms with Crippen LogP contribution in [0.25, 0.3) is 0 Å². The van der Waals surface area contributed by atoms with Crippen LogP contribution in [0.5, 0.6) is 0 Å². The van der Waals surface area contributed by atoms with E-state index in [0.717, 1.165) is 36.2 Å². The number of aliphatic hydroxyl groups excluding tert-OH is 1. The summed E-state index contributed by atoms with van der Waals surface area (Å²) in [5.41, 5.74) is 11.8. The second-order valence-electron chi connectivity index (χ2n) is 10.0.